The first kappa shape index (κ1) is 21.0. The molecule has 9 heteroatoms. The maximum absolute atomic E-state index is 12.8. The van der Waals surface area contributed by atoms with Gasteiger partial charge in [-0.3, -0.25) is 14.4 Å². The van der Waals surface area contributed by atoms with Gasteiger partial charge in [0, 0.05) is 20.1 Å². The molecule has 0 spiro atoms. The number of hydrogen-bond acceptors (Lipinski definition) is 7. The first-order valence-electron chi connectivity index (χ1n) is 9.61. The van der Waals surface area contributed by atoms with Crippen LogP contribution in [-0.4, -0.2) is 65.9 Å². The fourth-order valence-electron chi connectivity index (χ4n) is 3.28. The number of likely N-dealkylation sites (tertiary alicyclic amines) is 1. The minimum atomic E-state index is -0.358. The average molecular weight is 420 g/mol. The topological polar surface area (TPSA) is 93.0 Å². The molecular weight excluding hydrogens is 394 g/mol. The Balaban J connectivity index is 1.56. The Morgan fingerprint density at radius 2 is 2.07 bits per heavy atom. The summed E-state index contributed by atoms with van der Waals surface area (Å²) in [5, 5.41) is 1.91. The molecule has 1 aliphatic rings. The van der Waals surface area contributed by atoms with E-state index in [1.165, 1.54) is 16.2 Å². The molecule has 29 heavy (non-hydrogen) atoms. The molecule has 2 aromatic heterocycles. The highest BCUT2D eigenvalue weighted by molar-refractivity contribution is 7.13. The molecule has 0 N–H and O–H groups in total. The van der Waals surface area contributed by atoms with Crippen LogP contribution in [0.2, 0.25) is 0 Å². The van der Waals surface area contributed by atoms with Crippen LogP contribution < -0.4 is 0 Å². The number of oxazole rings is 1. The summed E-state index contributed by atoms with van der Waals surface area (Å²) in [5.41, 5.74) is 0.213. The van der Waals surface area contributed by atoms with E-state index in [-0.39, 0.29) is 35.9 Å². The zero-order valence-corrected chi connectivity index (χ0v) is 17.7. The molecule has 0 aliphatic carbocycles. The lowest BCUT2D eigenvalue weighted by Crippen LogP contribution is -2.45. The highest BCUT2D eigenvalue weighted by Gasteiger charge is 2.30. The first-order chi connectivity index (χ1) is 13.9. The van der Waals surface area contributed by atoms with Crippen molar-refractivity contribution >= 4 is 29.1 Å². The van der Waals surface area contributed by atoms with Crippen molar-refractivity contribution in [1.29, 1.82) is 0 Å². The second kappa shape index (κ2) is 9.21. The van der Waals surface area contributed by atoms with E-state index in [0.717, 1.165) is 4.88 Å². The Morgan fingerprint density at radius 1 is 1.34 bits per heavy atom. The number of aryl methyl sites for hydroxylation is 1. The van der Waals surface area contributed by atoms with Gasteiger partial charge in [-0.2, -0.15) is 0 Å². The van der Waals surface area contributed by atoms with E-state index in [0.29, 0.717) is 44.2 Å². The molecule has 8 nitrogen and oxygen atoms in total. The summed E-state index contributed by atoms with van der Waals surface area (Å²) in [6, 6.07) is 3.76. The number of thiophene rings is 1. The molecule has 1 fully saturated rings. The van der Waals surface area contributed by atoms with Crippen molar-refractivity contribution < 1.29 is 23.5 Å². The number of esters is 1. The monoisotopic (exact) mass is 419 g/mol. The van der Waals surface area contributed by atoms with E-state index in [9.17, 15) is 14.4 Å². The van der Waals surface area contributed by atoms with Gasteiger partial charge in [-0.15, -0.1) is 11.3 Å². The third kappa shape index (κ3) is 4.84. The number of carbonyl (C=O) groups is 3. The van der Waals surface area contributed by atoms with E-state index in [1.54, 1.807) is 25.8 Å². The second-order valence-corrected chi connectivity index (χ2v) is 7.92. The molecule has 3 rings (SSSR count). The molecule has 0 saturated carbocycles. The van der Waals surface area contributed by atoms with Gasteiger partial charge < -0.3 is 19.0 Å². The van der Waals surface area contributed by atoms with Crippen LogP contribution in [0, 0.1) is 12.8 Å². The molecule has 0 aromatic carbocycles. The Labute approximate surface area is 173 Å². The van der Waals surface area contributed by atoms with Gasteiger partial charge in [-0.25, -0.2) is 4.98 Å². The van der Waals surface area contributed by atoms with Crippen molar-refractivity contribution in [2.24, 2.45) is 5.92 Å². The average Bonchev–Trinajstić information content (AvgIpc) is 3.37. The molecule has 0 bridgehead atoms. The normalized spacial score (nSPS) is 14.7. The Kier molecular flexibility index (Phi) is 6.68. The minimum Gasteiger partial charge on any atom is -0.466 e. The molecule has 2 amide bonds. The van der Waals surface area contributed by atoms with Crippen LogP contribution >= 0.6 is 11.3 Å². The molecule has 156 valence electrons. The number of likely N-dealkylation sites (N-methyl/N-ethyl adjacent to an activating group) is 1. The number of nitrogens with zero attached hydrogens (tertiary/aromatic N) is 3. The van der Waals surface area contributed by atoms with E-state index in [2.05, 4.69) is 4.98 Å². The maximum atomic E-state index is 12.8. The molecule has 3 heterocycles. The van der Waals surface area contributed by atoms with Crippen LogP contribution in [0.25, 0.3) is 10.8 Å². The largest absolute Gasteiger partial charge is 0.466 e. The van der Waals surface area contributed by atoms with Gasteiger partial charge in [-0.05, 0) is 38.1 Å². The van der Waals surface area contributed by atoms with Crippen molar-refractivity contribution in [1.82, 2.24) is 14.8 Å². The van der Waals surface area contributed by atoms with Crippen molar-refractivity contribution in [3.63, 3.8) is 0 Å². The fraction of sp³-hybridized carbons (Fsp3) is 0.500. The number of hydrogen-bond donors (Lipinski definition) is 0. The molecule has 1 aliphatic heterocycles. The lowest BCUT2D eigenvalue weighted by atomic mass is 9.97. The first-order valence-corrected chi connectivity index (χ1v) is 10.5. The smallest absolute Gasteiger partial charge is 0.309 e. The van der Waals surface area contributed by atoms with Crippen molar-refractivity contribution in [2.75, 3.05) is 33.3 Å². The molecule has 0 radical (unpaired) electrons. The minimum absolute atomic E-state index is 0.0520. The number of piperidine rings is 1. The summed E-state index contributed by atoms with van der Waals surface area (Å²) < 4.78 is 10.7. The van der Waals surface area contributed by atoms with Crippen LogP contribution in [0.15, 0.2) is 21.9 Å². The van der Waals surface area contributed by atoms with E-state index >= 15 is 0 Å². The van der Waals surface area contributed by atoms with E-state index < -0.39 is 0 Å². The predicted molar refractivity (Wildman–Crippen MR) is 107 cm³/mol. The second-order valence-electron chi connectivity index (χ2n) is 6.97. The number of carbonyl (C=O) groups excluding carboxylic acids is 3. The van der Waals surface area contributed by atoms with Crippen molar-refractivity contribution in [3.8, 4) is 10.8 Å². The van der Waals surface area contributed by atoms with Crippen LogP contribution in [0.4, 0.5) is 0 Å². The third-order valence-electron chi connectivity index (χ3n) is 4.92. The lowest BCUT2D eigenvalue weighted by Gasteiger charge is -2.32. The van der Waals surface area contributed by atoms with Gasteiger partial charge in [-0.1, -0.05) is 6.07 Å². The standard InChI is InChI=1S/C20H25N3O5S/c1-4-27-20(26)14-7-9-23(10-8-14)16(24)12-22(3)19(25)17-13(2)28-18(21-17)15-6-5-11-29-15/h5-6,11,14H,4,7-10,12H2,1-3H3. The molecule has 1 saturated heterocycles. The zero-order valence-electron chi connectivity index (χ0n) is 16.8. The predicted octanol–water partition coefficient (Wildman–Crippen LogP) is 2.59. The van der Waals surface area contributed by atoms with Gasteiger partial charge in [0.2, 0.25) is 11.8 Å². The summed E-state index contributed by atoms with van der Waals surface area (Å²) in [6.45, 7) is 4.74. The fourth-order valence-corrected chi connectivity index (χ4v) is 3.93. The van der Waals surface area contributed by atoms with E-state index in [4.69, 9.17) is 9.15 Å². The van der Waals surface area contributed by atoms with Gasteiger partial charge in [0.15, 0.2) is 5.69 Å². The summed E-state index contributed by atoms with van der Waals surface area (Å²) in [5.74, 6) is -0.0390. The Bertz CT molecular complexity index is 869. The van der Waals surface area contributed by atoms with Crippen molar-refractivity contribution in [3.05, 3.63) is 29.0 Å². The number of ether oxygens (including phenoxy) is 1. The highest BCUT2D eigenvalue weighted by Crippen LogP contribution is 2.26. The number of amides is 2. The van der Waals surface area contributed by atoms with Crippen LogP contribution in [0.1, 0.15) is 36.0 Å². The third-order valence-corrected chi connectivity index (χ3v) is 5.78. The lowest BCUT2D eigenvalue weighted by molar-refractivity contribution is -0.151. The van der Waals surface area contributed by atoms with Gasteiger partial charge in [0.1, 0.15) is 5.76 Å². The Morgan fingerprint density at radius 3 is 2.69 bits per heavy atom. The highest BCUT2D eigenvalue weighted by atomic mass is 32.1. The van der Waals surface area contributed by atoms with Gasteiger partial charge >= 0.3 is 5.97 Å². The van der Waals surface area contributed by atoms with E-state index in [1.807, 2.05) is 17.5 Å². The number of aromatic nitrogens is 1. The molecule has 0 atom stereocenters. The van der Waals surface area contributed by atoms with Gasteiger partial charge in [0.05, 0.1) is 23.9 Å². The summed E-state index contributed by atoms with van der Waals surface area (Å²) >= 11 is 1.48. The van der Waals surface area contributed by atoms with Crippen LogP contribution in [0.5, 0.6) is 0 Å². The molecule has 0 unspecified atom stereocenters. The summed E-state index contributed by atoms with van der Waals surface area (Å²) in [7, 11) is 1.57. The number of rotatable bonds is 6. The van der Waals surface area contributed by atoms with Crippen LogP contribution in [-0.2, 0) is 14.3 Å². The Hall–Kier alpha value is -2.68. The maximum Gasteiger partial charge on any atom is 0.309 e. The summed E-state index contributed by atoms with van der Waals surface area (Å²) in [6.07, 6.45) is 1.16. The quantitative estimate of drug-likeness (QED) is 0.668. The van der Waals surface area contributed by atoms with Crippen molar-refractivity contribution in [2.45, 2.75) is 26.7 Å². The van der Waals surface area contributed by atoms with Gasteiger partial charge in [0.25, 0.3) is 5.91 Å². The zero-order chi connectivity index (χ0) is 21.0. The SMILES string of the molecule is CCOC(=O)C1CCN(C(=O)CN(C)C(=O)c2nc(-c3cccs3)oc2C)CC1. The summed E-state index contributed by atoms with van der Waals surface area (Å²) in [4.78, 5) is 45.4. The molecular formula is C20H25N3O5S. The molecule has 2 aromatic rings. The van der Waals surface area contributed by atoms with Crippen LogP contribution in [0.3, 0.4) is 0 Å².